The van der Waals surface area contributed by atoms with Gasteiger partial charge in [0, 0.05) is 18.5 Å². The minimum atomic E-state index is 0.721. The summed E-state index contributed by atoms with van der Waals surface area (Å²) in [6, 6.07) is 4.23. The molecular weight excluding hydrogens is 192 g/mol. The average Bonchev–Trinajstić information content (AvgIpc) is 2.17. The lowest BCUT2D eigenvalue weighted by molar-refractivity contribution is 0.749. The Hall–Kier alpha value is -0.540. The minimum absolute atomic E-state index is 0.721. The van der Waals surface area contributed by atoms with Crippen molar-refractivity contribution in [3.63, 3.8) is 0 Å². The van der Waals surface area contributed by atoms with Gasteiger partial charge in [0.1, 0.15) is 0 Å². The lowest BCUT2D eigenvalue weighted by atomic mass is 10.3. The van der Waals surface area contributed by atoms with Crippen LogP contribution in [-0.2, 0) is 6.54 Å². The van der Waals surface area contributed by atoms with Crippen LogP contribution in [0.5, 0.6) is 0 Å². The van der Waals surface area contributed by atoms with Gasteiger partial charge in [-0.15, -0.1) is 11.8 Å². The summed E-state index contributed by atoms with van der Waals surface area (Å²) in [6.45, 7) is 5.34. The van der Waals surface area contributed by atoms with Crippen LogP contribution in [0.15, 0.2) is 23.4 Å². The number of nitrogens with zero attached hydrogens (tertiary/aromatic N) is 1. The van der Waals surface area contributed by atoms with Gasteiger partial charge in [-0.05, 0) is 24.6 Å². The first kappa shape index (κ1) is 11.5. The van der Waals surface area contributed by atoms with Gasteiger partial charge in [-0.25, -0.2) is 4.98 Å². The lowest BCUT2D eigenvalue weighted by Crippen LogP contribution is -2.05. The molecule has 3 heteroatoms. The molecule has 14 heavy (non-hydrogen) atoms. The smallest absolute Gasteiger partial charge is 0.0960 e. The number of hydrogen-bond acceptors (Lipinski definition) is 3. The maximum Gasteiger partial charge on any atom is 0.0960 e. The zero-order chi connectivity index (χ0) is 10.4. The normalized spacial score (nSPS) is 10.9. The quantitative estimate of drug-likeness (QED) is 0.756. The van der Waals surface area contributed by atoms with Gasteiger partial charge < -0.3 is 5.32 Å². The fraction of sp³-hybridized carbons (Fsp3) is 0.545. The molecular formula is C11H18N2S. The van der Waals surface area contributed by atoms with Crippen LogP contribution >= 0.6 is 11.8 Å². The maximum atomic E-state index is 4.39. The van der Waals surface area contributed by atoms with Gasteiger partial charge in [-0.1, -0.05) is 19.9 Å². The highest BCUT2D eigenvalue weighted by Gasteiger charge is 1.98. The molecule has 1 heterocycles. The second-order valence-electron chi connectivity index (χ2n) is 3.74. The molecule has 0 saturated heterocycles. The van der Waals surface area contributed by atoms with Crippen molar-refractivity contribution in [2.45, 2.75) is 25.4 Å². The van der Waals surface area contributed by atoms with Crippen LogP contribution in [0.25, 0.3) is 0 Å². The molecule has 0 aromatic carbocycles. The second kappa shape index (κ2) is 6.04. The SMILES string of the molecule is CNCc1ccc(SCC(C)C)nc1. The highest BCUT2D eigenvalue weighted by molar-refractivity contribution is 7.99. The van der Waals surface area contributed by atoms with Crippen LogP contribution < -0.4 is 5.32 Å². The summed E-state index contributed by atoms with van der Waals surface area (Å²) in [5.74, 6) is 1.86. The van der Waals surface area contributed by atoms with E-state index in [0.29, 0.717) is 0 Å². The fourth-order valence-corrected chi connectivity index (χ4v) is 1.85. The Morgan fingerprint density at radius 3 is 2.71 bits per heavy atom. The summed E-state index contributed by atoms with van der Waals surface area (Å²) in [5.41, 5.74) is 1.24. The molecule has 1 aromatic heterocycles. The first-order valence-electron chi connectivity index (χ1n) is 4.94. The number of nitrogens with one attached hydrogen (secondary N) is 1. The Balaban J connectivity index is 2.46. The highest BCUT2D eigenvalue weighted by Crippen LogP contribution is 2.18. The summed E-state index contributed by atoms with van der Waals surface area (Å²) in [5, 5.41) is 4.23. The topological polar surface area (TPSA) is 24.9 Å². The first-order chi connectivity index (χ1) is 6.72. The van der Waals surface area contributed by atoms with Gasteiger partial charge in [-0.2, -0.15) is 0 Å². The molecule has 0 spiro atoms. The predicted octanol–water partition coefficient (Wildman–Crippen LogP) is 2.55. The van der Waals surface area contributed by atoms with E-state index in [1.54, 1.807) is 0 Å². The zero-order valence-electron chi connectivity index (χ0n) is 9.08. The van der Waals surface area contributed by atoms with E-state index in [4.69, 9.17) is 0 Å². The molecule has 0 atom stereocenters. The molecule has 0 radical (unpaired) electrons. The Bertz CT molecular complexity index is 256. The summed E-state index contributed by atoms with van der Waals surface area (Å²) in [6.07, 6.45) is 1.94. The van der Waals surface area contributed by atoms with E-state index < -0.39 is 0 Å². The van der Waals surface area contributed by atoms with Crippen molar-refractivity contribution < 1.29 is 0 Å². The van der Waals surface area contributed by atoms with E-state index in [1.165, 1.54) is 5.56 Å². The van der Waals surface area contributed by atoms with Crippen LogP contribution in [-0.4, -0.2) is 17.8 Å². The van der Waals surface area contributed by atoms with Crippen molar-refractivity contribution in [2.75, 3.05) is 12.8 Å². The van der Waals surface area contributed by atoms with E-state index in [-0.39, 0.29) is 0 Å². The molecule has 2 nitrogen and oxygen atoms in total. The molecule has 0 bridgehead atoms. The third-order valence-electron chi connectivity index (χ3n) is 1.74. The van der Waals surface area contributed by atoms with E-state index in [0.717, 1.165) is 23.2 Å². The molecule has 78 valence electrons. The zero-order valence-corrected chi connectivity index (χ0v) is 9.90. The largest absolute Gasteiger partial charge is 0.316 e. The minimum Gasteiger partial charge on any atom is -0.316 e. The van der Waals surface area contributed by atoms with Crippen molar-refractivity contribution >= 4 is 11.8 Å². The van der Waals surface area contributed by atoms with Crippen LogP contribution in [0, 0.1) is 5.92 Å². The third kappa shape index (κ3) is 4.11. The molecule has 0 aliphatic heterocycles. The molecule has 0 fully saturated rings. The molecule has 1 rings (SSSR count). The van der Waals surface area contributed by atoms with E-state index in [2.05, 4.69) is 36.3 Å². The maximum absolute atomic E-state index is 4.39. The van der Waals surface area contributed by atoms with Gasteiger partial charge in [0.2, 0.25) is 0 Å². The number of aromatic nitrogens is 1. The number of rotatable bonds is 5. The Labute approximate surface area is 90.5 Å². The molecule has 1 aromatic rings. The van der Waals surface area contributed by atoms with Gasteiger partial charge in [0.25, 0.3) is 0 Å². The van der Waals surface area contributed by atoms with E-state index in [9.17, 15) is 0 Å². The van der Waals surface area contributed by atoms with Crippen LogP contribution in [0.4, 0.5) is 0 Å². The van der Waals surface area contributed by atoms with Gasteiger partial charge in [-0.3, -0.25) is 0 Å². The standard InChI is InChI=1S/C11H18N2S/c1-9(2)8-14-11-5-4-10(6-12-3)7-13-11/h4-5,7,9,12H,6,8H2,1-3H3. The molecule has 0 saturated carbocycles. The molecule has 0 unspecified atom stereocenters. The molecule has 0 amide bonds. The predicted molar refractivity (Wildman–Crippen MR) is 62.6 cm³/mol. The number of hydrogen-bond donors (Lipinski definition) is 1. The first-order valence-corrected chi connectivity index (χ1v) is 5.93. The average molecular weight is 210 g/mol. The molecule has 0 aliphatic carbocycles. The number of thioether (sulfide) groups is 1. The fourth-order valence-electron chi connectivity index (χ4n) is 1.06. The van der Waals surface area contributed by atoms with Gasteiger partial charge in [0.05, 0.1) is 5.03 Å². The van der Waals surface area contributed by atoms with Crippen molar-refractivity contribution in [2.24, 2.45) is 5.92 Å². The Kier molecular flexibility index (Phi) is 4.98. The van der Waals surface area contributed by atoms with Crippen molar-refractivity contribution in [3.8, 4) is 0 Å². The van der Waals surface area contributed by atoms with Crippen LogP contribution in [0.3, 0.4) is 0 Å². The van der Waals surface area contributed by atoms with Gasteiger partial charge in [0.15, 0.2) is 0 Å². The molecule has 0 aliphatic rings. The number of pyridine rings is 1. The third-order valence-corrected chi connectivity index (χ3v) is 3.11. The van der Waals surface area contributed by atoms with Crippen LogP contribution in [0.2, 0.25) is 0 Å². The molecule has 1 N–H and O–H groups in total. The summed E-state index contributed by atoms with van der Waals surface area (Å²) < 4.78 is 0. The monoisotopic (exact) mass is 210 g/mol. The van der Waals surface area contributed by atoms with Gasteiger partial charge >= 0.3 is 0 Å². The van der Waals surface area contributed by atoms with Crippen LogP contribution in [0.1, 0.15) is 19.4 Å². The van der Waals surface area contributed by atoms with E-state index >= 15 is 0 Å². The van der Waals surface area contributed by atoms with E-state index in [1.807, 2.05) is 25.0 Å². The van der Waals surface area contributed by atoms with Crippen molar-refractivity contribution in [1.29, 1.82) is 0 Å². The highest BCUT2D eigenvalue weighted by atomic mass is 32.2. The Morgan fingerprint density at radius 2 is 2.21 bits per heavy atom. The summed E-state index contributed by atoms with van der Waals surface area (Å²) in [7, 11) is 1.95. The lowest BCUT2D eigenvalue weighted by Gasteiger charge is -2.04. The second-order valence-corrected chi connectivity index (χ2v) is 4.78. The Morgan fingerprint density at radius 1 is 1.43 bits per heavy atom. The summed E-state index contributed by atoms with van der Waals surface area (Å²) in [4.78, 5) is 4.39. The summed E-state index contributed by atoms with van der Waals surface area (Å²) >= 11 is 1.82. The van der Waals surface area contributed by atoms with Crippen molar-refractivity contribution in [3.05, 3.63) is 23.9 Å². The van der Waals surface area contributed by atoms with Crippen molar-refractivity contribution in [1.82, 2.24) is 10.3 Å².